The summed E-state index contributed by atoms with van der Waals surface area (Å²) in [6.07, 6.45) is 8.79. The van der Waals surface area contributed by atoms with Gasteiger partial charge in [-0.15, -0.1) is 0 Å². The van der Waals surface area contributed by atoms with Crippen LogP contribution in [0, 0.1) is 28.6 Å². The largest absolute Gasteiger partial charge is 0.397 e. The van der Waals surface area contributed by atoms with Crippen LogP contribution in [0.3, 0.4) is 0 Å². The molecule has 0 heterocycles. The molecule has 4 aliphatic carbocycles. The van der Waals surface area contributed by atoms with Gasteiger partial charge < -0.3 is 0 Å². The molecular formula is C19H28NaO5S. The van der Waals surface area contributed by atoms with Crippen LogP contribution in [0.25, 0.3) is 0 Å². The number of rotatable bonds is 2. The van der Waals surface area contributed by atoms with Gasteiger partial charge in [0.2, 0.25) is 0 Å². The van der Waals surface area contributed by atoms with Gasteiger partial charge in [-0.1, -0.05) is 25.5 Å². The van der Waals surface area contributed by atoms with Gasteiger partial charge in [-0.2, -0.15) is 8.42 Å². The number of allylic oxidation sites excluding steroid dienone is 1. The first-order valence-electron chi connectivity index (χ1n) is 9.52. The molecule has 3 fully saturated rings. The van der Waals surface area contributed by atoms with Gasteiger partial charge in [-0.25, -0.2) is 4.18 Å². The number of hydrogen-bond donors (Lipinski definition) is 1. The van der Waals surface area contributed by atoms with Gasteiger partial charge in [0.05, 0.1) is 6.10 Å². The summed E-state index contributed by atoms with van der Waals surface area (Å²) in [5.74, 6) is 2.10. The molecular weight excluding hydrogens is 363 g/mol. The van der Waals surface area contributed by atoms with E-state index in [-0.39, 0.29) is 40.4 Å². The summed E-state index contributed by atoms with van der Waals surface area (Å²) in [4.78, 5) is 12.4. The average Bonchev–Trinajstić information content (AvgIpc) is 2.82. The van der Waals surface area contributed by atoms with Crippen molar-refractivity contribution in [1.29, 1.82) is 0 Å². The van der Waals surface area contributed by atoms with Crippen LogP contribution in [0.5, 0.6) is 0 Å². The summed E-state index contributed by atoms with van der Waals surface area (Å²) in [5, 5.41) is 0. The van der Waals surface area contributed by atoms with Crippen LogP contribution in [0.2, 0.25) is 0 Å². The van der Waals surface area contributed by atoms with Gasteiger partial charge in [0.25, 0.3) is 0 Å². The third-order valence-corrected chi connectivity index (χ3v) is 8.54. The number of carbonyl (C=O) groups excluding carboxylic acids is 1. The van der Waals surface area contributed by atoms with Crippen LogP contribution in [0.1, 0.15) is 65.2 Å². The Balaban J connectivity index is 0.00000196. The molecule has 4 rings (SSSR count). The van der Waals surface area contributed by atoms with Crippen molar-refractivity contribution in [2.24, 2.45) is 28.6 Å². The number of hydrogen-bond acceptors (Lipinski definition) is 4. The van der Waals surface area contributed by atoms with Crippen molar-refractivity contribution >= 4 is 45.7 Å². The van der Waals surface area contributed by atoms with Crippen molar-refractivity contribution in [3.05, 3.63) is 11.6 Å². The molecule has 0 aromatic carbocycles. The van der Waals surface area contributed by atoms with Crippen LogP contribution in [-0.2, 0) is 19.4 Å². The predicted octanol–water partition coefficient (Wildman–Crippen LogP) is 3.33. The van der Waals surface area contributed by atoms with Crippen molar-refractivity contribution < 1.29 is 21.9 Å². The summed E-state index contributed by atoms with van der Waals surface area (Å²) in [6.45, 7) is 4.50. The van der Waals surface area contributed by atoms with Gasteiger partial charge in [0, 0.05) is 41.4 Å². The molecule has 0 bridgehead atoms. The summed E-state index contributed by atoms with van der Waals surface area (Å²) in [6, 6.07) is 0. The Kier molecular flexibility index (Phi) is 5.62. The Labute approximate surface area is 178 Å². The van der Waals surface area contributed by atoms with Gasteiger partial charge in [0.15, 0.2) is 0 Å². The predicted molar refractivity (Wildman–Crippen MR) is 98.9 cm³/mol. The molecule has 3 saturated carbocycles. The minimum atomic E-state index is -4.40. The van der Waals surface area contributed by atoms with Crippen LogP contribution >= 0.6 is 0 Å². The van der Waals surface area contributed by atoms with Crippen molar-refractivity contribution in [3.8, 4) is 0 Å². The Hall–Kier alpha value is 0.280. The molecule has 1 N–H and O–H groups in total. The average molecular weight is 391 g/mol. The summed E-state index contributed by atoms with van der Waals surface area (Å²) < 4.78 is 35.9. The van der Waals surface area contributed by atoms with Gasteiger partial charge in [-0.05, 0) is 68.1 Å². The molecule has 6 unspecified atom stereocenters. The van der Waals surface area contributed by atoms with E-state index in [1.807, 2.05) is 0 Å². The fraction of sp³-hybridized carbons (Fsp3) is 0.842. The minimum absolute atomic E-state index is 0. The van der Waals surface area contributed by atoms with Crippen molar-refractivity contribution in [2.75, 3.05) is 0 Å². The van der Waals surface area contributed by atoms with Crippen molar-refractivity contribution in [1.82, 2.24) is 0 Å². The summed E-state index contributed by atoms with van der Waals surface area (Å²) >= 11 is 0. The Morgan fingerprint density at radius 3 is 2.46 bits per heavy atom. The monoisotopic (exact) mass is 391 g/mol. The SMILES string of the molecule is CC12CCC3C(CC=C4CC(OS(=O)(=O)O)CCC43C)C1CCC2=O.[Na]. The zero-order valence-electron chi connectivity index (χ0n) is 16.0. The van der Waals surface area contributed by atoms with E-state index in [4.69, 9.17) is 8.74 Å². The van der Waals surface area contributed by atoms with E-state index in [1.165, 1.54) is 5.57 Å². The zero-order valence-corrected chi connectivity index (χ0v) is 18.8. The zero-order chi connectivity index (χ0) is 18.0. The number of ketones is 1. The number of carbonyl (C=O) groups is 1. The molecule has 0 aromatic heterocycles. The van der Waals surface area contributed by atoms with E-state index in [0.717, 1.165) is 38.5 Å². The van der Waals surface area contributed by atoms with E-state index in [9.17, 15) is 13.2 Å². The molecule has 6 atom stereocenters. The quantitative estimate of drug-likeness (QED) is 0.444. The van der Waals surface area contributed by atoms with Crippen LogP contribution in [-0.4, -0.2) is 54.4 Å². The van der Waals surface area contributed by atoms with Gasteiger partial charge in [0.1, 0.15) is 5.78 Å². The van der Waals surface area contributed by atoms with Crippen molar-refractivity contribution in [2.45, 2.75) is 71.3 Å². The first-order chi connectivity index (χ1) is 11.6. The standard InChI is InChI=1S/C19H28O5S.Na/c1-18-9-7-13(24-25(21,22)23)11-12(18)3-4-14-15-5-6-17(20)19(15,2)10-8-16(14)18;/h3,13-16H,4-11H2,1-2H3,(H,21,22,23);. The maximum atomic E-state index is 12.4. The van der Waals surface area contributed by atoms with Crippen LogP contribution in [0.4, 0.5) is 0 Å². The molecule has 0 amide bonds. The fourth-order valence-corrected chi connectivity index (χ4v) is 7.16. The van der Waals surface area contributed by atoms with Gasteiger partial charge >= 0.3 is 10.4 Å². The summed E-state index contributed by atoms with van der Waals surface area (Å²) in [7, 11) is -4.40. The van der Waals surface area contributed by atoms with Crippen LogP contribution < -0.4 is 0 Å². The molecule has 0 aromatic rings. The molecule has 141 valence electrons. The van der Waals surface area contributed by atoms with E-state index in [0.29, 0.717) is 36.4 Å². The first-order valence-corrected chi connectivity index (χ1v) is 10.9. The second-order valence-corrected chi connectivity index (χ2v) is 10.1. The van der Waals surface area contributed by atoms with E-state index >= 15 is 0 Å². The molecule has 0 saturated heterocycles. The second-order valence-electron chi connectivity index (χ2n) is 9.07. The minimum Gasteiger partial charge on any atom is -0.299 e. The van der Waals surface area contributed by atoms with Gasteiger partial charge in [-0.3, -0.25) is 9.35 Å². The fourth-order valence-electron chi connectivity index (χ4n) is 6.65. The molecule has 4 aliphatic rings. The maximum absolute atomic E-state index is 12.4. The maximum Gasteiger partial charge on any atom is 0.397 e. The Bertz CT molecular complexity index is 732. The molecule has 7 heteroatoms. The molecule has 26 heavy (non-hydrogen) atoms. The third kappa shape index (κ3) is 3.29. The van der Waals surface area contributed by atoms with E-state index in [1.54, 1.807) is 0 Å². The van der Waals surface area contributed by atoms with E-state index < -0.39 is 16.5 Å². The molecule has 0 aliphatic heterocycles. The normalized spacial score (nSPS) is 45.0. The smallest absolute Gasteiger partial charge is 0.299 e. The van der Waals surface area contributed by atoms with E-state index in [2.05, 4.69) is 19.9 Å². The second kappa shape index (κ2) is 6.96. The third-order valence-electron chi connectivity index (χ3n) is 8.03. The Morgan fingerprint density at radius 2 is 1.77 bits per heavy atom. The topological polar surface area (TPSA) is 80.7 Å². The summed E-state index contributed by atoms with van der Waals surface area (Å²) in [5.41, 5.74) is 1.25. The molecule has 5 nitrogen and oxygen atoms in total. The molecule has 1 radical (unpaired) electrons. The molecule has 0 spiro atoms. The number of Topliss-reactive ketones (excluding diaryl/α,β-unsaturated/α-hetero) is 1. The van der Waals surface area contributed by atoms with Crippen molar-refractivity contribution in [3.63, 3.8) is 0 Å². The van der Waals surface area contributed by atoms with Crippen LogP contribution in [0.15, 0.2) is 11.6 Å². The first kappa shape index (κ1) is 21.0. The number of fused-ring (bicyclic) bond motifs is 5. The Morgan fingerprint density at radius 1 is 1.12 bits per heavy atom.